The van der Waals surface area contributed by atoms with Gasteiger partial charge in [0.05, 0.1) is 18.9 Å². The number of nitrogens with one attached hydrogen (secondary N) is 1. The fourth-order valence-electron chi connectivity index (χ4n) is 6.59. The molecule has 1 radical (unpaired) electrons. The zero-order valence-corrected chi connectivity index (χ0v) is 25.5. The Hall–Kier alpha value is -2.32. The predicted octanol–water partition coefficient (Wildman–Crippen LogP) is 6.48. The zero-order chi connectivity index (χ0) is 25.5. The number of hydrogen-bond donors (Lipinski definition) is 1. The van der Waals surface area contributed by atoms with Crippen LogP contribution in [-0.4, -0.2) is 59.4 Å². The van der Waals surface area contributed by atoms with E-state index >= 15 is 0 Å². The Labute approximate surface area is 255 Å². The predicted molar refractivity (Wildman–Crippen MR) is 153 cm³/mol. The fourth-order valence-corrected chi connectivity index (χ4v) is 6.59. The maximum absolute atomic E-state index is 5.50. The van der Waals surface area contributed by atoms with Gasteiger partial charge in [0.1, 0.15) is 12.0 Å². The number of anilines is 1. The summed E-state index contributed by atoms with van der Waals surface area (Å²) < 4.78 is 5.50. The monoisotopic (exact) mass is 596 g/mol. The van der Waals surface area contributed by atoms with E-state index in [1.54, 1.807) is 6.33 Å². The number of morpholine rings is 1. The Balaban J connectivity index is 0.00000277. The van der Waals surface area contributed by atoms with Crippen molar-refractivity contribution in [3.63, 3.8) is 0 Å². The minimum Gasteiger partial charge on any atom is -0.620 e. The van der Waals surface area contributed by atoms with Crippen LogP contribution >= 0.6 is 0 Å². The van der Waals surface area contributed by atoms with Crippen LogP contribution in [0.1, 0.15) is 31.2 Å². The first kappa shape index (κ1) is 26.9. The largest absolute Gasteiger partial charge is 0.620 e. The molecule has 0 bridgehead atoms. The van der Waals surface area contributed by atoms with E-state index in [9.17, 15) is 0 Å². The summed E-state index contributed by atoms with van der Waals surface area (Å²) in [7, 11) is 0. The van der Waals surface area contributed by atoms with Crippen molar-refractivity contribution < 1.29 is 37.4 Å². The molecule has 2 unspecified atom stereocenters. The molecule has 4 heterocycles. The third-order valence-electron chi connectivity index (χ3n) is 8.75. The van der Waals surface area contributed by atoms with Crippen LogP contribution in [0.5, 0.6) is 0 Å². The first-order chi connectivity index (χ1) is 18.7. The van der Waals surface area contributed by atoms with Crippen LogP contribution in [0.3, 0.4) is 0 Å². The molecular weight excluding hydrogens is 561 g/mol. The molecule has 3 fully saturated rings. The molecule has 2 atom stereocenters. The summed E-state index contributed by atoms with van der Waals surface area (Å²) in [6, 6.07) is 17.3. The topological polar surface area (TPSA) is 71.4 Å². The number of rotatable bonds is 5. The number of H-pyrrole nitrogens is 1. The molecular formula is C31H35N6OY-. The maximum Gasteiger partial charge on any atom is 0.141 e. The Kier molecular flexibility index (Phi) is 8.04. The van der Waals surface area contributed by atoms with E-state index in [1.807, 2.05) is 0 Å². The summed E-state index contributed by atoms with van der Waals surface area (Å²) in [5.41, 5.74) is 13.7. The molecule has 7 nitrogen and oxygen atoms in total. The van der Waals surface area contributed by atoms with Crippen molar-refractivity contribution in [3.05, 3.63) is 65.8 Å². The molecule has 8 heteroatoms. The van der Waals surface area contributed by atoms with Gasteiger partial charge < -0.3 is 25.1 Å². The summed E-state index contributed by atoms with van der Waals surface area (Å²) in [6.07, 6.45) is 7.14. The Morgan fingerprint density at radius 3 is 2.44 bits per heavy atom. The average Bonchev–Trinajstić information content (AvgIpc) is 3.59. The van der Waals surface area contributed by atoms with Crippen LogP contribution in [0.4, 0.5) is 11.4 Å². The zero-order valence-electron chi connectivity index (χ0n) is 22.6. The average molecular weight is 597 g/mol. The Morgan fingerprint density at radius 2 is 1.69 bits per heavy atom. The number of hydrogen-bond acceptors (Lipinski definition) is 5. The molecule has 1 N–H and O–H groups in total. The van der Waals surface area contributed by atoms with Gasteiger partial charge in [-0.1, -0.05) is 48.7 Å². The van der Waals surface area contributed by atoms with Gasteiger partial charge in [-0.15, -0.1) is 5.69 Å². The third kappa shape index (κ3) is 5.39. The summed E-state index contributed by atoms with van der Waals surface area (Å²) in [5.74, 6) is 1.64. The second kappa shape index (κ2) is 11.7. The number of aromatic amines is 1. The normalized spacial score (nSPS) is 21.5. The van der Waals surface area contributed by atoms with Crippen LogP contribution < -0.4 is 4.90 Å². The molecule has 7 rings (SSSR count). The van der Waals surface area contributed by atoms with E-state index in [4.69, 9.17) is 15.1 Å². The number of fused-ring (bicyclic) bond motifs is 2. The van der Waals surface area contributed by atoms with Crippen LogP contribution in [-0.2, 0) is 37.4 Å². The van der Waals surface area contributed by atoms with Crippen molar-refractivity contribution in [2.24, 2.45) is 11.8 Å². The maximum atomic E-state index is 5.50. The number of benzene rings is 2. The molecule has 1 aliphatic carbocycles. The molecule has 0 spiro atoms. The second-order valence-corrected chi connectivity index (χ2v) is 11.0. The Bertz CT molecular complexity index is 1420. The molecule has 1 saturated carbocycles. The van der Waals surface area contributed by atoms with Crippen molar-refractivity contribution in [1.29, 1.82) is 0 Å². The van der Waals surface area contributed by atoms with Crippen molar-refractivity contribution in [1.82, 2.24) is 20.0 Å². The van der Waals surface area contributed by atoms with Gasteiger partial charge in [-0.2, -0.15) is 0 Å². The third-order valence-corrected chi connectivity index (χ3v) is 8.75. The van der Waals surface area contributed by atoms with Gasteiger partial charge in [0, 0.05) is 68.1 Å². The van der Waals surface area contributed by atoms with E-state index in [-0.39, 0.29) is 32.7 Å². The quantitative estimate of drug-likeness (QED) is 0.286. The van der Waals surface area contributed by atoms with Gasteiger partial charge in [-0.3, -0.25) is 0 Å². The molecule has 2 saturated heterocycles. The van der Waals surface area contributed by atoms with Gasteiger partial charge in [0.15, 0.2) is 0 Å². The van der Waals surface area contributed by atoms with E-state index in [1.165, 1.54) is 36.9 Å². The van der Waals surface area contributed by atoms with Gasteiger partial charge in [-0.25, -0.2) is 9.97 Å². The fraction of sp³-hybridized carbons (Fsp3) is 0.419. The summed E-state index contributed by atoms with van der Waals surface area (Å²) in [6.45, 7) is 7.82. The van der Waals surface area contributed by atoms with Crippen LogP contribution in [0, 0.1) is 18.8 Å². The van der Waals surface area contributed by atoms with Crippen molar-refractivity contribution in [3.8, 4) is 22.5 Å². The molecule has 2 aromatic carbocycles. The Morgan fingerprint density at radius 1 is 0.949 bits per heavy atom. The molecule has 2 aromatic heterocycles. The molecule has 3 aliphatic rings. The van der Waals surface area contributed by atoms with Gasteiger partial charge in [0.2, 0.25) is 0 Å². The smallest absolute Gasteiger partial charge is 0.141 e. The first-order valence-corrected chi connectivity index (χ1v) is 14.1. The molecule has 199 valence electrons. The number of nitrogens with zero attached hydrogens (tertiary/aromatic N) is 5. The van der Waals surface area contributed by atoms with E-state index in [0.29, 0.717) is 0 Å². The molecule has 39 heavy (non-hydrogen) atoms. The minimum atomic E-state index is 0. The summed E-state index contributed by atoms with van der Waals surface area (Å²) >= 11 is 0. The minimum absolute atomic E-state index is 0. The van der Waals surface area contributed by atoms with Crippen molar-refractivity contribution in [2.75, 3.05) is 44.3 Å². The van der Waals surface area contributed by atoms with Crippen molar-refractivity contribution >= 4 is 22.4 Å². The number of aromatic nitrogens is 3. The molecule has 2 aliphatic heterocycles. The van der Waals surface area contributed by atoms with Crippen LogP contribution in [0.2, 0.25) is 0 Å². The standard InChI is InChI=1S/C31H35N6O.Y/c1-21-26(7-4-8-28(21)35-37-18-23-5-2-3-6-24(23)19-37)30-27-17-29(34-31(27)33-20-32-30)22-9-11-25(12-10-22)36-13-15-38-16-14-36;/h4,7-12,17,20,23-24H,2-3,5-6,13-16,18-19H2,1H3,(H,32,33,34);/q-1;. The SMILES string of the molecule is Cc1c([N-]N2CC3CCCCC3C2)cccc1-c1ncnc2[nH]c(-c3ccc(N4CCOCC4)cc3)cc12.[Y]. The number of ether oxygens (including phenoxy) is 1. The van der Waals surface area contributed by atoms with Crippen molar-refractivity contribution in [2.45, 2.75) is 32.6 Å². The summed E-state index contributed by atoms with van der Waals surface area (Å²) in [4.78, 5) is 15.2. The van der Waals surface area contributed by atoms with Gasteiger partial charge >= 0.3 is 0 Å². The van der Waals surface area contributed by atoms with E-state index in [2.05, 4.69) is 75.3 Å². The van der Waals surface area contributed by atoms with Crippen LogP contribution in [0.15, 0.2) is 54.9 Å². The van der Waals surface area contributed by atoms with E-state index < -0.39 is 0 Å². The van der Waals surface area contributed by atoms with E-state index in [0.717, 1.165) is 90.5 Å². The van der Waals surface area contributed by atoms with Gasteiger partial charge in [0.25, 0.3) is 0 Å². The molecule has 4 aromatic rings. The second-order valence-electron chi connectivity index (χ2n) is 11.0. The van der Waals surface area contributed by atoms with Crippen LogP contribution in [0.25, 0.3) is 39.0 Å². The molecule has 0 amide bonds. The first-order valence-electron chi connectivity index (χ1n) is 14.1. The van der Waals surface area contributed by atoms with Gasteiger partial charge in [-0.05, 0) is 68.5 Å². The summed E-state index contributed by atoms with van der Waals surface area (Å²) in [5, 5.41) is 3.35.